The number of hydrogen-bond acceptors (Lipinski definition) is 4. The van der Waals surface area contributed by atoms with Crippen molar-refractivity contribution < 1.29 is 9.47 Å². The summed E-state index contributed by atoms with van der Waals surface area (Å²) in [5.41, 5.74) is 3.50. The van der Waals surface area contributed by atoms with Crippen molar-refractivity contribution in [2.75, 3.05) is 43.6 Å². The van der Waals surface area contributed by atoms with Gasteiger partial charge in [0.15, 0.2) is 11.5 Å². The minimum atomic E-state index is 0.230. The normalized spacial score (nSPS) is 13.0. The molecular formula is C21H22N2O2. The van der Waals surface area contributed by atoms with E-state index in [2.05, 4.69) is 52.6 Å². The summed E-state index contributed by atoms with van der Waals surface area (Å²) in [7, 11) is 1.63. The molecule has 4 heteroatoms. The third-order valence-electron chi connectivity index (χ3n) is 4.08. The Kier molecular flexibility index (Phi) is 5.48. The molecule has 1 heterocycles. The van der Waals surface area contributed by atoms with Crippen LogP contribution in [0.5, 0.6) is 11.5 Å². The number of rotatable bonds is 6. The summed E-state index contributed by atoms with van der Waals surface area (Å²) in [5.74, 6) is 3.80. The fraction of sp³-hybridized carbons (Fsp3) is 0.238. The molecule has 0 aromatic heterocycles. The van der Waals surface area contributed by atoms with Crippen molar-refractivity contribution >= 4 is 17.5 Å². The number of hydrogen-bond donors (Lipinski definition) is 1. The highest BCUT2D eigenvalue weighted by atomic mass is 16.5. The van der Waals surface area contributed by atoms with Crippen LogP contribution in [0.2, 0.25) is 0 Å². The van der Waals surface area contributed by atoms with Gasteiger partial charge >= 0.3 is 0 Å². The van der Waals surface area contributed by atoms with Gasteiger partial charge in [-0.05, 0) is 29.8 Å². The first kappa shape index (κ1) is 16.8. The standard InChI is InChI=1S/C21H22N2O2/c1-3-15-25-20-11-10-17(16-21(20)24-2)7-6-13-23-14-12-22-18-8-4-5-9-19(18)23/h1,4-11,16,22H,12-15H2,2H3/b7-6+. The van der Waals surface area contributed by atoms with Crippen LogP contribution in [0.25, 0.3) is 6.08 Å². The molecule has 2 aromatic rings. The summed E-state index contributed by atoms with van der Waals surface area (Å²) in [4.78, 5) is 2.37. The Bertz CT molecular complexity index is 793. The molecular weight excluding hydrogens is 312 g/mol. The van der Waals surface area contributed by atoms with Gasteiger partial charge in [0, 0.05) is 19.6 Å². The van der Waals surface area contributed by atoms with E-state index in [0.717, 1.165) is 25.2 Å². The highest BCUT2D eigenvalue weighted by molar-refractivity contribution is 5.72. The second kappa shape index (κ2) is 8.16. The molecule has 0 unspecified atom stereocenters. The highest BCUT2D eigenvalue weighted by Gasteiger charge is 2.13. The Labute approximate surface area is 149 Å². The molecule has 0 fully saturated rings. The summed E-state index contributed by atoms with van der Waals surface area (Å²) in [6.45, 7) is 3.04. The van der Waals surface area contributed by atoms with E-state index in [-0.39, 0.29) is 6.61 Å². The Morgan fingerprint density at radius 1 is 1.24 bits per heavy atom. The van der Waals surface area contributed by atoms with Crippen LogP contribution in [0.4, 0.5) is 11.4 Å². The molecule has 0 radical (unpaired) electrons. The zero-order chi connectivity index (χ0) is 17.5. The van der Waals surface area contributed by atoms with Crippen LogP contribution >= 0.6 is 0 Å². The molecule has 25 heavy (non-hydrogen) atoms. The lowest BCUT2D eigenvalue weighted by Crippen LogP contribution is -2.33. The molecule has 0 spiro atoms. The number of para-hydroxylation sites is 2. The summed E-state index contributed by atoms with van der Waals surface area (Å²) in [6.07, 6.45) is 9.49. The molecule has 0 atom stereocenters. The van der Waals surface area contributed by atoms with Gasteiger partial charge in [-0.2, -0.15) is 0 Å². The van der Waals surface area contributed by atoms with Crippen LogP contribution in [-0.2, 0) is 0 Å². The van der Waals surface area contributed by atoms with Crippen molar-refractivity contribution in [2.24, 2.45) is 0 Å². The Morgan fingerprint density at radius 2 is 2.12 bits per heavy atom. The third kappa shape index (κ3) is 4.07. The number of nitrogens with zero attached hydrogens (tertiary/aromatic N) is 1. The Morgan fingerprint density at radius 3 is 2.96 bits per heavy atom. The second-order valence-corrected chi connectivity index (χ2v) is 5.70. The van der Waals surface area contributed by atoms with Crippen molar-refractivity contribution in [3.63, 3.8) is 0 Å². The minimum absolute atomic E-state index is 0.230. The van der Waals surface area contributed by atoms with E-state index >= 15 is 0 Å². The van der Waals surface area contributed by atoms with Crippen molar-refractivity contribution in [1.82, 2.24) is 0 Å². The summed E-state index contributed by atoms with van der Waals surface area (Å²) in [6, 6.07) is 14.2. The number of benzene rings is 2. The van der Waals surface area contributed by atoms with Gasteiger partial charge in [-0.15, -0.1) is 6.42 Å². The van der Waals surface area contributed by atoms with Crippen LogP contribution in [0.1, 0.15) is 5.56 Å². The van der Waals surface area contributed by atoms with E-state index in [9.17, 15) is 0 Å². The lowest BCUT2D eigenvalue weighted by molar-refractivity contribution is 0.331. The molecule has 2 aromatic carbocycles. The van der Waals surface area contributed by atoms with Gasteiger partial charge in [-0.25, -0.2) is 0 Å². The first-order valence-corrected chi connectivity index (χ1v) is 8.30. The summed E-state index contributed by atoms with van der Waals surface area (Å²) >= 11 is 0. The number of anilines is 2. The molecule has 0 saturated heterocycles. The lowest BCUT2D eigenvalue weighted by Gasteiger charge is -2.31. The van der Waals surface area contributed by atoms with Crippen LogP contribution in [0, 0.1) is 12.3 Å². The lowest BCUT2D eigenvalue weighted by atomic mass is 10.1. The predicted molar refractivity (Wildman–Crippen MR) is 104 cm³/mol. The van der Waals surface area contributed by atoms with Crippen LogP contribution < -0.4 is 19.7 Å². The number of terminal acetylenes is 1. The molecule has 3 rings (SSSR count). The Hall–Kier alpha value is -3.06. The first-order valence-electron chi connectivity index (χ1n) is 8.30. The number of ether oxygens (including phenoxy) is 2. The number of nitrogens with one attached hydrogen (secondary N) is 1. The molecule has 128 valence electrons. The Balaban J connectivity index is 1.68. The largest absolute Gasteiger partial charge is 0.493 e. The zero-order valence-corrected chi connectivity index (χ0v) is 14.4. The van der Waals surface area contributed by atoms with Crippen molar-refractivity contribution in [2.45, 2.75) is 0 Å². The molecule has 0 amide bonds. The second-order valence-electron chi connectivity index (χ2n) is 5.70. The molecule has 1 aliphatic heterocycles. The quantitative estimate of drug-likeness (QED) is 0.818. The molecule has 1 aliphatic rings. The van der Waals surface area contributed by atoms with Gasteiger partial charge in [0.05, 0.1) is 18.5 Å². The van der Waals surface area contributed by atoms with Crippen molar-refractivity contribution in [3.8, 4) is 23.8 Å². The van der Waals surface area contributed by atoms with E-state index in [4.69, 9.17) is 15.9 Å². The third-order valence-corrected chi connectivity index (χ3v) is 4.08. The summed E-state index contributed by atoms with van der Waals surface area (Å²) in [5, 5.41) is 3.43. The predicted octanol–water partition coefficient (Wildman–Crippen LogP) is 3.65. The number of methoxy groups -OCH3 is 1. The fourth-order valence-electron chi connectivity index (χ4n) is 2.88. The van der Waals surface area contributed by atoms with Crippen LogP contribution in [0.15, 0.2) is 48.5 Å². The number of fused-ring (bicyclic) bond motifs is 1. The maximum Gasteiger partial charge on any atom is 0.162 e. The monoisotopic (exact) mass is 334 g/mol. The van der Waals surface area contributed by atoms with Gasteiger partial charge in [0.1, 0.15) is 6.61 Å². The average Bonchev–Trinajstić information content (AvgIpc) is 2.67. The van der Waals surface area contributed by atoms with Gasteiger partial charge in [0.2, 0.25) is 0 Å². The fourth-order valence-corrected chi connectivity index (χ4v) is 2.88. The van der Waals surface area contributed by atoms with Gasteiger partial charge in [0.25, 0.3) is 0 Å². The van der Waals surface area contributed by atoms with Crippen LogP contribution in [-0.4, -0.2) is 33.4 Å². The van der Waals surface area contributed by atoms with E-state index in [1.165, 1.54) is 11.4 Å². The first-order chi connectivity index (χ1) is 12.3. The van der Waals surface area contributed by atoms with Gasteiger partial charge in [-0.3, -0.25) is 0 Å². The average molecular weight is 334 g/mol. The molecule has 0 bridgehead atoms. The SMILES string of the molecule is C#CCOc1ccc(/C=C/CN2CCNc3ccccc32)cc1OC. The van der Waals surface area contributed by atoms with E-state index in [0.29, 0.717) is 11.5 Å². The molecule has 0 saturated carbocycles. The zero-order valence-electron chi connectivity index (χ0n) is 14.4. The highest BCUT2D eigenvalue weighted by Crippen LogP contribution is 2.29. The minimum Gasteiger partial charge on any atom is -0.493 e. The topological polar surface area (TPSA) is 33.7 Å². The van der Waals surface area contributed by atoms with Crippen LogP contribution in [0.3, 0.4) is 0 Å². The maximum atomic E-state index is 5.47. The van der Waals surface area contributed by atoms with E-state index in [1.807, 2.05) is 18.2 Å². The maximum absolute atomic E-state index is 5.47. The molecule has 1 N–H and O–H groups in total. The van der Waals surface area contributed by atoms with E-state index < -0.39 is 0 Å². The smallest absolute Gasteiger partial charge is 0.162 e. The van der Waals surface area contributed by atoms with Gasteiger partial charge < -0.3 is 19.7 Å². The molecule has 0 aliphatic carbocycles. The summed E-state index contributed by atoms with van der Waals surface area (Å²) < 4.78 is 10.9. The van der Waals surface area contributed by atoms with Crippen molar-refractivity contribution in [1.29, 1.82) is 0 Å². The van der Waals surface area contributed by atoms with Gasteiger partial charge in [-0.1, -0.05) is 36.3 Å². The molecule has 4 nitrogen and oxygen atoms in total. The van der Waals surface area contributed by atoms with E-state index in [1.54, 1.807) is 7.11 Å². The van der Waals surface area contributed by atoms with Crippen molar-refractivity contribution in [3.05, 3.63) is 54.1 Å².